The average Bonchev–Trinajstić information content (AvgIpc) is 2.45. The van der Waals surface area contributed by atoms with Crippen molar-refractivity contribution in [1.82, 2.24) is 4.98 Å². The van der Waals surface area contributed by atoms with Gasteiger partial charge < -0.3 is 10.6 Å². The second-order valence-electron chi connectivity index (χ2n) is 4.45. The molecule has 0 amide bonds. The fourth-order valence-corrected chi connectivity index (χ4v) is 2.53. The van der Waals surface area contributed by atoms with E-state index < -0.39 is 0 Å². The van der Waals surface area contributed by atoms with E-state index in [1.807, 2.05) is 12.1 Å². The highest BCUT2D eigenvalue weighted by Crippen LogP contribution is 2.41. The molecule has 2 atom stereocenters. The van der Waals surface area contributed by atoms with Crippen LogP contribution in [0.15, 0.2) is 18.3 Å². The second-order valence-corrected chi connectivity index (χ2v) is 4.45. The van der Waals surface area contributed by atoms with Crippen molar-refractivity contribution in [3.63, 3.8) is 0 Å². The zero-order valence-corrected chi connectivity index (χ0v) is 8.19. The Hall–Kier alpha value is -1.25. The molecule has 2 fully saturated rings. The minimum absolute atomic E-state index is 0.746. The molecule has 0 bridgehead atoms. The van der Waals surface area contributed by atoms with Crippen LogP contribution in [0.4, 0.5) is 11.5 Å². The highest BCUT2D eigenvalue weighted by atomic mass is 15.2. The van der Waals surface area contributed by atoms with E-state index in [0.29, 0.717) is 0 Å². The van der Waals surface area contributed by atoms with Gasteiger partial charge in [0.1, 0.15) is 5.82 Å². The lowest BCUT2D eigenvalue weighted by Gasteiger charge is -2.27. The van der Waals surface area contributed by atoms with Crippen molar-refractivity contribution in [2.75, 3.05) is 23.7 Å². The molecule has 3 nitrogen and oxygen atoms in total. The van der Waals surface area contributed by atoms with Crippen LogP contribution in [-0.4, -0.2) is 18.1 Å². The largest absolute Gasteiger partial charge is 0.397 e. The molecular weight excluding hydrogens is 174 g/mol. The van der Waals surface area contributed by atoms with Gasteiger partial charge in [-0.05, 0) is 36.8 Å². The van der Waals surface area contributed by atoms with Crippen LogP contribution in [0.5, 0.6) is 0 Å². The maximum Gasteiger partial charge on any atom is 0.128 e. The summed E-state index contributed by atoms with van der Waals surface area (Å²) in [5.74, 6) is 2.97. The number of nitrogens with zero attached hydrogens (tertiary/aromatic N) is 2. The van der Waals surface area contributed by atoms with Gasteiger partial charge in [0.2, 0.25) is 0 Å². The Morgan fingerprint density at radius 1 is 1.21 bits per heavy atom. The Labute approximate surface area is 83.9 Å². The quantitative estimate of drug-likeness (QED) is 0.728. The first-order valence-electron chi connectivity index (χ1n) is 5.29. The maximum atomic E-state index is 5.61. The standard InChI is InChI=1S/C11H15N3/c12-10-3-4-11(13-5-10)14-6-8-1-2-9(8)7-14/h3-5,8-9H,1-2,6-7,12H2. The number of hydrogen-bond acceptors (Lipinski definition) is 3. The molecule has 3 heteroatoms. The molecule has 3 rings (SSSR count). The van der Waals surface area contributed by atoms with Crippen LogP contribution in [0.3, 0.4) is 0 Å². The van der Waals surface area contributed by atoms with Gasteiger partial charge in [-0.1, -0.05) is 0 Å². The molecule has 1 aromatic heterocycles. The average molecular weight is 189 g/mol. The van der Waals surface area contributed by atoms with Crippen LogP contribution in [0.2, 0.25) is 0 Å². The van der Waals surface area contributed by atoms with Crippen molar-refractivity contribution in [1.29, 1.82) is 0 Å². The number of nitrogens with two attached hydrogens (primary N) is 1. The summed E-state index contributed by atoms with van der Waals surface area (Å²) < 4.78 is 0. The highest BCUT2D eigenvalue weighted by Gasteiger charge is 2.39. The number of nitrogen functional groups attached to an aromatic ring is 1. The zero-order chi connectivity index (χ0) is 9.54. The molecule has 0 radical (unpaired) electrons. The third-order valence-electron chi connectivity index (χ3n) is 3.58. The molecule has 1 saturated heterocycles. The van der Waals surface area contributed by atoms with E-state index in [4.69, 9.17) is 5.73 Å². The van der Waals surface area contributed by atoms with Gasteiger partial charge >= 0.3 is 0 Å². The summed E-state index contributed by atoms with van der Waals surface area (Å²) in [6.07, 6.45) is 4.57. The Bertz CT molecular complexity index is 321. The van der Waals surface area contributed by atoms with Crippen molar-refractivity contribution in [2.24, 2.45) is 11.8 Å². The SMILES string of the molecule is Nc1ccc(N2CC3CCC3C2)nc1. The second kappa shape index (κ2) is 2.87. The molecular formula is C11H15N3. The molecule has 1 aromatic rings. The molecule has 74 valence electrons. The van der Waals surface area contributed by atoms with Crippen molar-refractivity contribution >= 4 is 11.5 Å². The van der Waals surface area contributed by atoms with Crippen LogP contribution in [0.25, 0.3) is 0 Å². The molecule has 2 unspecified atom stereocenters. The third-order valence-corrected chi connectivity index (χ3v) is 3.58. The van der Waals surface area contributed by atoms with Crippen LogP contribution in [0, 0.1) is 11.8 Å². The van der Waals surface area contributed by atoms with E-state index >= 15 is 0 Å². The Kier molecular flexibility index (Phi) is 1.66. The number of hydrogen-bond donors (Lipinski definition) is 1. The summed E-state index contributed by atoms with van der Waals surface area (Å²) in [4.78, 5) is 6.75. The molecule has 1 aliphatic carbocycles. The van der Waals surface area contributed by atoms with E-state index in [1.165, 1.54) is 25.9 Å². The number of aromatic nitrogens is 1. The predicted molar refractivity (Wildman–Crippen MR) is 57.1 cm³/mol. The minimum atomic E-state index is 0.746. The lowest BCUT2D eigenvalue weighted by Crippen LogP contribution is -2.22. The minimum Gasteiger partial charge on any atom is -0.397 e. The summed E-state index contributed by atoms with van der Waals surface area (Å²) in [6.45, 7) is 2.39. The van der Waals surface area contributed by atoms with Crippen molar-refractivity contribution < 1.29 is 0 Å². The summed E-state index contributed by atoms with van der Waals surface area (Å²) in [7, 11) is 0. The summed E-state index contributed by atoms with van der Waals surface area (Å²) >= 11 is 0. The third kappa shape index (κ3) is 1.15. The van der Waals surface area contributed by atoms with Gasteiger partial charge in [-0.3, -0.25) is 0 Å². The summed E-state index contributed by atoms with van der Waals surface area (Å²) in [5, 5.41) is 0. The Morgan fingerprint density at radius 3 is 2.43 bits per heavy atom. The molecule has 2 heterocycles. The van der Waals surface area contributed by atoms with Gasteiger partial charge in [-0.25, -0.2) is 4.98 Å². The lowest BCUT2D eigenvalue weighted by atomic mass is 9.77. The fourth-order valence-electron chi connectivity index (χ4n) is 2.53. The fraction of sp³-hybridized carbons (Fsp3) is 0.545. The van der Waals surface area contributed by atoms with Gasteiger partial charge in [0.15, 0.2) is 0 Å². The van der Waals surface area contributed by atoms with Gasteiger partial charge in [-0.2, -0.15) is 0 Å². The topological polar surface area (TPSA) is 42.1 Å². The van der Waals surface area contributed by atoms with Crippen molar-refractivity contribution in [2.45, 2.75) is 12.8 Å². The zero-order valence-electron chi connectivity index (χ0n) is 8.19. The molecule has 2 aliphatic rings. The Morgan fingerprint density at radius 2 is 1.93 bits per heavy atom. The first-order chi connectivity index (χ1) is 6.83. The Balaban J connectivity index is 1.79. The van der Waals surface area contributed by atoms with Crippen LogP contribution in [-0.2, 0) is 0 Å². The highest BCUT2D eigenvalue weighted by molar-refractivity contribution is 5.46. The predicted octanol–water partition coefficient (Wildman–Crippen LogP) is 1.51. The molecule has 0 aromatic carbocycles. The molecule has 0 spiro atoms. The van der Waals surface area contributed by atoms with Crippen LogP contribution < -0.4 is 10.6 Å². The van der Waals surface area contributed by atoms with E-state index in [0.717, 1.165) is 23.3 Å². The van der Waals surface area contributed by atoms with Gasteiger partial charge in [0.25, 0.3) is 0 Å². The van der Waals surface area contributed by atoms with E-state index in [2.05, 4.69) is 9.88 Å². The normalized spacial score (nSPS) is 29.9. The maximum absolute atomic E-state index is 5.61. The van der Waals surface area contributed by atoms with E-state index in [9.17, 15) is 0 Å². The van der Waals surface area contributed by atoms with Gasteiger partial charge in [0.05, 0.1) is 11.9 Å². The van der Waals surface area contributed by atoms with Gasteiger partial charge in [0, 0.05) is 13.1 Å². The monoisotopic (exact) mass is 189 g/mol. The molecule has 1 aliphatic heterocycles. The summed E-state index contributed by atoms with van der Waals surface area (Å²) in [5.41, 5.74) is 6.36. The molecule has 2 N–H and O–H groups in total. The number of fused-ring (bicyclic) bond motifs is 1. The van der Waals surface area contributed by atoms with Crippen molar-refractivity contribution in [3.05, 3.63) is 18.3 Å². The smallest absolute Gasteiger partial charge is 0.128 e. The number of pyridine rings is 1. The lowest BCUT2D eigenvalue weighted by molar-refractivity contribution is 0.243. The van der Waals surface area contributed by atoms with E-state index in [-0.39, 0.29) is 0 Å². The van der Waals surface area contributed by atoms with Crippen LogP contribution >= 0.6 is 0 Å². The number of rotatable bonds is 1. The van der Waals surface area contributed by atoms with Crippen LogP contribution in [0.1, 0.15) is 12.8 Å². The first kappa shape index (κ1) is 8.09. The van der Waals surface area contributed by atoms with Crippen molar-refractivity contribution in [3.8, 4) is 0 Å². The number of anilines is 2. The summed E-state index contributed by atoms with van der Waals surface area (Å²) in [6, 6.07) is 3.96. The van der Waals surface area contributed by atoms with Gasteiger partial charge in [-0.15, -0.1) is 0 Å². The molecule has 1 saturated carbocycles. The molecule has 14 heavy (non-hydrogen) atoms. The van der Waals surface area contributed by atoms with E-state index in [1.54, 1.807) is 6.20 Å². The first-order valence-corrected chi connectivity index (χ1v) is 5.29.